The van der Waals surface area contributed by atoms with Crippen molar-refractivity contribution in [3.05, 3.63) is 0 Å². The van der Waals surface area contributed by atoms with Crippen LogP contribution in [0.25, 0.3) is 0 Å². The van der Waals surface area contributed by atoms with Gasteiger partial charge in [-0.2, -0.15) is 4.89 Å². The Hall–Kier alpha value is 0.663. The van der Waals surface area contributed by atoms with Crippen molar-refractivity contribution in [2.24, 2.45) is 0 Å². The summed E-state index contributed by atoms with van der Waals surface area (Å²) in [6.45, 7) is 0. The topological polar surface area (TPSA) is 94.8 Å². The molecule has 3 N–H and O–H groups in total. The predicted molar refractivity (Wildman–Crippen MR) is 16.3 cm³/mol. The zero-order valence-electron chi connectivity index (χ0n) is 3.16. The molecule has 0 amide bonds. The average molecular weight is 206 g/mol. The van der Waals surface area contributed by atoms with Gasteiger partial charge >= 0.3 is 40.5 Å². The quantitative estimate of drug-likeness (QED) is 0.427. The Morgan fingerprint density at radius 2 is 1.43 bits per heavy atom. The van der Waals surface area contributed by atoms with Crippen LogP contribution in [0.4, 0.5) is 0 Å². The van der Waals surface area contributed by atoms with Crippen LogP contribution in [0.15, 0.2) is 0 Å². The molecule has 0 saturated carbocycles. The molecule has 0 radical (unpaired) electrons. The van der Waals surface area contributed by atoms with Crippen molar-refractivity contribution < 1.29 is 41.3 Å². The third-order valence-electron chi connectivity index (χ3n) is 0. The van der Waals surface area contributed by atoms with Crippen LogP contribution in [-0.2, 0) is 30.0 Å². The van der Waals surface area contributed by atoms with E-state index in [-0.39, 0.29) is 0 Å². The predicted octanol–water partition coefficient (Wildman–Crippen LogP) is -1.32. The van der Waals surface area contributed by atoms with E-state index in [1.807, 2.05) is 0 Å². The summed E-state index contributed by atoms with van der Waals surface area (Å²) in [6.07, 6.45) is 0. The van der Waals surface area contributed by atoms with E-state index >= 15 is 0 Å². The van der Waals surface area contributed by atoms with Crippen molar-refractivity contribution in [3.63, 3.8) is 0 Å². The Balaban J connectivity index is 0. The summed E-state index contributed by atoms with van der Waals surface area (Å²) in [5.74, 6) is 0. The second-order valence-electron chi connectivity index (χ2n) is 0.374. The van der Waals surface area contributed by atoms with Gasteiger partial charge in [-0.05, 0) is 4.57 Å². The molecule has 0 spiro atoms. The first-order valence-electron chi connectivity index (χ1n) is 1.08. The van der Waals surface area contributed by atoms with Crippen LogP contribution in [0, 0.1) is 0 Å². The van der Waals surface area contributed by atoms with E-state index in [9.17, 15) is 0 Å². The molecule has 0 aliphatic carbocycles. The van der Waals surface area contributed by atoms with Crippen molar-refractivity contribution in [1.82, 2.24) is 0 Å². The number of hydrogen-bond donors (Lipinski definition) is 3. The Bertz CT molecular complexity index is 55.1. The Morgan fingerprint density at radius 1 is 1.43 bits per heavy atom. The fourth-order valence-corrected chi connectivity index (χ4v) is 0. The van der Waals surface area contributed by atoms with Gasteiger partial charge in [-0.1, -0.05) is 0 Å². The maximum atomic E-state index is 8.84. The van der Waals surface area contributed by atoms with Gasteiger partial charge in [0.2, 0.25) is 0 Å². The van der Waals surface area contributed by atoms with E-state index in [2.05, 4.69) is 0 Å². The molecule has 0 aliphatic rings. The third kappa shape index (κ3) is 329. The van der Waals surface area contributed by atoms with Crippen LogP contribution in [0.3, 0.4) is 0 Å². The molecule has 0 saturated heterocycles. The normalized spacial score (nSPS) is 6.71. The number of hydrogen-bond acceptors (Lipinski definition) is 2. The maximum absolute atomic E-state index is 8.84. The van der Waals surface area contributed by atoms with E-state index < -0.39 is 31.3 Å². The van der Waals surface area contributed by atoms with E-state index in [1.165, 1.54) is 0 Å². The molecular formula is H4O5PZr+. The molecule has 0 aliphatic heterocycles. The van der Waals surface area contributed by atoms with E-state index in [0.29, 0.717) is 0 Å². The van der Waals surface area contributed by atoms with E-state index in [4.69, 9.17) is 18.6 Å². The molecule has 5 nitrogen and oxygen atoms in total. The van der Waals surface area contributed by atoms with Gasteiger partial charge in [-0.3, -0.25) is 0 Å². The summed E-state index contributed by atoms with van der Waals surface area (Å²) in [7, 11) is -1.17. The van der Waals surface area contributed by atoms with Gasteiger partial charge in [0.25, 0.3) is 0 Å². The zero-order valence-corrected chi connectivity index (χ0v) is 6.62. The molecule has 42 valence electrons. The molecule has 0 aromatic heterocycles. The summed E-state index contributed by atoms with van der Waals surface area (Å²) >= 11 is -3.79. The third-order valence-corrected chi connectivity index (χ3v) is 0. The van der Waals surface area contributed by atoms with Crippen LogP contribution in [0.5, 0.6) is 0 Å². The molecule has 0 fully saturated rings. The van der Waals surface area contributed by atoms with Gasteiger partial charge in [-0.25, -0.2) is 0 Å². The fraction of sp³-hybridized carbons (Fsp3) is 0. The second kappa shape index (κ2) is 9.83. The van der Waals surface area contributed by atoms with Gasteiger partial charge in [0.05, 0.1) is 0 Å². The van der Waals surface area contributed by atoms with Crippen LogP contribution >= 0.6 is 8.69 Å². The van der Waals surface area contributed by atoms with Gasteiger partial charge in [0.15, 0.2) is 0 Å². The van der Waals surface area contributed by atoms with Crippen LogP contribution < -0.4 is 0 Å². The molecule has 0 rings (SSSR count). The SMILES string of the molecule is O=[PH+]O.[O]=[Zr]([OH])[OH]. The van der Waals surface area contributed by atoms with Crippen molar-refractivity contribution in [3.8, 4) is 0 Å². The zero-order chi connectivity index (χ0) is 6.28. The molecule has 1 atom stereocenters. The first-order chi connectivity index (χ1) is 3.15. The van der Waals surface area contributed by atoms with E-state index in [0.717, 1.165) is 0 Å². The Morgan fingerprint density at radius 3 is 1.43 bits per heavy atom. The monoisotopic (exact) mass is 205 g/mol. The van der Waals surface area contributed by atoms with Crippen molar-refractivity contribution >= 4 is 8.69 Å². The fourth-order valence-electron chi connectivity index (χ4n) is 0. The molecule has 7 heteroatoms. The second-order valence-corrected chi connectivity index (χ2v) is 1.95. The van der Waals surface area contributed by atoms with Crippen LogP contribution in [0.2, 0.25) is 0 Å². The Labute approximate surface area is 50.2 Å². The van der Waals surface area contributed by atoms with Crippen LogP contribution in [-0.4, -0.2) is 11.3 Å². The first-order valence-corrected chi connectivity index (χ1v) is 5.14. The molecule has 0 aromatic rings. The summed E-state index contributed by atoms with van der Waals surface area (Å²) in [6, 6.07) is 0. The van der Waals surface area contributed by atoms with E-state index in [1.54, 1.807) is 0 Å². The average Bonchev–Trinajstić information content (AvgIpc) is 1.33. The summed E-state index contributed by atoms with van der Waals surface area (Å²) in [4.78, 5) is 7.04. The molecule has 1 unspecified atom stereocenters. The summed E-state index contributed by atoms with van der Waals surface area (Å²) < 4.78 is 31.9. The molecule has 0 heterocycles. The molecule has 0 aromatic carbocycles. The van der Waals surface area contributed by atoms with Crippen molar-refractivity contribution in [2.75, 3.05) is 0 Å². The summed E-state index contributed by atoms with van der Waals surface area (Å²) in [5, 5.41) is 0. The molecule has 7 heavy (non-hydrogen) atoms. The minimum absolute atomic E-state index is 1.17. The number of rotatable bonds is 0. The van der Waals surface area contributed by atoms with Gasteiger partial charge in [0.1, 0.15) is 0 Å². The van der Waals surface area contributed by atoms with Crippen LogP contribution in [0.1, 0.15) is 0 Å². The van der Waals surface area contributed by atoms with Crippen molar-refractivity contribution in [1.29, 1.82) is 0 Å². The van der Waals surface area contributed by atoms with Gasteiger partial charge < -0.3 is 0 Å². The molecular weight excluding hydrogens is 202 g/mol. The minimum atomic E-state index is -3.79. The van der Waals surface area contributed by atoms with Gasteiger partial charge in [-0.15, -0.1) is 0 Å². The van der Waals surface area contributed by atoms with Crippen molar-refractivity contribution in [2.45, 2.75) is 0 Å². The molecule has 0 bridgehead atoms. The summed E-state index contributed by atoms with van der Waals surface area (Å²) in [5.41, 5.74) is 0. The van der Waals surface area contributed by atoms with Gasteiger partial charge in [0, 0.05) is 0 Å². The Kier molecular flexibility index (Phi) is 14.9. The standard InChI is InChI=1S/HO2P.2H2O.O.Zr/c1-3-2;;;;/h3H;2*1H2;;/q;;;;+2/p-1. The first kappa shape index (κ1) is 10.6.